The Bertz CT molecular complexity index is 153. The van der Waals surface area contributed by atoms with Crippen molar-refractivity contribution in [3.63, 3.8) is 0 Å². The highest BCUT2D eigenvalue weighted by Gasteiger charge is 2.19. The van der Waals surface area contributed by atoms with Crippen molar-refractivity contribution in [3.05, 3.63) is 0 Å². The molecule has 2 heteroatoms. The Morgan fingerprint density at radius 3 is 2.07 bits per heavy atom. The van der Waals surface area contributed by atoms with Gasteiger partial charge in [-0.25, -0.2) is 0 Å². The Morgan fingerprint density at radius 2 is 1.67 bits per heavy atom. The van der Waals surface area contributed by atoms with Gasteiger partial charge in [0.05, 0.1) is 11.7 Å². The first-order valence-electron chi connectivity index (χ1n) is 6.36. The van der Waals surface area contributed by atoms with Gasteiger partial charge >= 0.3 is 0 Å². The highest BCUT2D eigenvalue weighted by Crippen LogP contribution is 2.15. The highest BCUT2D eigenvalue weighted by molar-refractivity contribution is 4.71. The lowest BCUT2D eigenvalue weighted by atomic mass is 10.1. The largest absolute Gasteiger partial charge is 0.371 e. The molecule has 0 aromatic heterocycles. The molecule has 0 amide bonds. The van der Waals surface area contributed by atoms with E-state index >= 15 is 0 Å². The van der Waals surface area contributed by atoms with Crippen LogP contribution in [0.1, 0.15) is 60.8 Å². The minimum Gasteiger partial charge on any atom is -0.371 e. The van der Waals surface area contributed by atoms with Crippen molar-refractivity contribution in [2.75, 3.05) is 6.54 Å². The summed E-state index contributed by atoms with van der Waals surface area (Å²) in [6.07, 6.45) is 3.74. The topological polar surface area (TPSA) is 21.3 Å². The third-order valence-electron chi connectivity index (χ3n) is 3.05. The molecule has 0 rings (SSSR count). The molecule has 0 aliphatic carbocycles. The standard InChI is InChI=1S/C13H29NO/c1-7-12(8-2)14-10-11(4)15-13(5,6)9-3/h11-12,14H,7-10H2,1-6H3. The van der Waals surface area contributed by atoms with Gasteiger partial charge in [-0.15, -0.1) is 0 Å². The highest BCUT2D eigenvalue weighted by atomic mass is 16.5. The molecule has 1 unspecified atom stereocenters. The molecule has 0 radical (unpaired) electrons. The summed E-state index contributed by atoms with van der Waals surface area (Å²) in [5.74, 6) is 0. The molecule has 1 atom stereocenters. The van der Waals surface area contributed by atoms with Gasteiger partial charge in [0.25, 0.3) is 0 Å². The van der Waals surface area contributed by atoms with Gasteiger partial charge in [0, 0.05) is 12.6 Å². The number of nitrogens with one attached hydrogen (secondary N) is 1. The molecule has 0 fully saturated rings. The van der Waals surface area contributed by atoms with Crippen LogP contribution in [0.25, 0.3) is 0 Å². The second kappa shape index (κ2) is 7.24. The molecule has 0 aliphatic rings. The summed E-state index contributed by atoms with van der Waals surface area (Å²) in [5.41, 5.74) is 0.00895. The van der Waals surface area contributed by atoms with E-state index in [0.29, 0.717) is 12.1 Å². The van der Waals surface area contributed by atoms with Crippen LogP contribution in [0, 0.1) is 0 Å². The van der Waals surface area contributed by atoms with Crippen LogP contribution in [0.15, 0.2) is 0 Å². The second-order valence-electron chi connectivity index (χ2n) is 4.96. The molecule has 0 spiro atoms. The fraction of sp³-hybridized carbons (Fsp3) is 1.00. The van der Waals surface area contributed by atoms with Crippen LogP contribution in [-0.2, 0) is 4.74 Å². The fourth-order valence-corrected chi connectivity index (χ4v) is 1.58. The van der Waals surface area contributed by atoms with Gasteiger partial charge in [0.15, 0.2) is 0 Å². The molecule has 0 heterocycles. The maximum atomic E-state index is 5.96. The van der Waals surface area contributed by atoms with Crippen LogP contribution in [0.2, 0.25) is 0 Å². The van der Waals surface area contributed by atoms with Crippen LogP contribution in [0.4, 0.5) is 0 Å². The molecular weight excluding hydrogens is 186 g/mol. The lowest BCUT2D eigenvalue weighted by molar-refractivity contribution is -0.0649. The van der Waals surface area contributed by atoms with Crippen molar-refractivity contribution >= 4 is 0 Å². The molecule has 92 valence electrons. The predicted octanol–water partition coefficient (Wildman–Crippen LogP) is 3.36. The molecular formula is C13H29NO. The van der Waals surface area contributed by atoms with Gasteiger partial charge in [-0.2, -0.15) is 0 Å². The van der Waals surface area contributed by atoms with Gasteiger partial charge in [-0.05, 0) is 40.0 Å². The number of ether oxygens (including phenoxy) is 1. The third kappa shape index (κ3) is 6.91. The molecule has 0 aliphatic heterocycles. The Morgan fingerprint density at radius 1 is 1.13 bits per heavy atom. The molecule has 15 heavy (non-hydrogen) atoms. The summed E-state index contributed by atoms with van der Waals surface area (Å²) in [7, 11) is 0. The summed E-state index contributed by atoms with van der Waals surface area (Å²) in [5, 5.41) is 3.54. The van der Waals surface area contributed by atoms with Crippen molar-refractivity contribution in [3.8, 4) is 0 Å². The molecule has 0 saturated carbocycles. The SMILES string of the molecule is CCC(CC)NCC(C)OC(C)(C)CC. The van der Waals surface area contributed by atoms with Crippen molar-refractivity contribution in [1.29, 1.82) is 0 Å². The van der Waals surface area contributed by atoms with E-state index in [9.17, 15) is 0 Å². The van der Waals surface area contributed by atoms with Crippen LogP contribution in [-0.4, -0.2) is 24.3 Å². The molecule has 0 aromatic carbocycles. The van der Waals surface area contributed by atoms with Gasteiger partial charge in [-0.3, -0.25) is 0 Å². The summed E-state index contributed by atoms with van der Waals surface area (Å²) in [6, 6.07) is 0.640. The number of hydrogen-bond acceptors (Lipinski definition) is 2. The molecule has 1 N–H and O–H groups in total. The van der Waals surface area contributed by atoms with Gasteiger partial charge in [0.2, 0.25) is 0 Å². The van der Waals surface area contributed by atoms with E-state index < -0.39 is 0 Å². The van der Waals surface area contributed by atoms with Crippen LogP contribution in [0.3, 0.4) is 0 Å². The number of hydrogen-bond donors (Lipinski definition) is 1. The van der Waals surface area contributed by atoms with Crippen molar-refractivity contribution < 1.29 is 4.74 Å². The summed E-state index contributed by atoms with van der Waals surface area (Å²) in [6.45, 7) is 14.0. The third-order valence-corrected chi connectivity index (χ3v) is 3.05. The Balaban J connectivity index is 3.78. The quantitative estimate of drug-likeness (QED) is 0.670. The van der Waals surface area contributed by atoms with Crippen LogP contribution >= 0.6 is 0 Å². The van der Waals surface area contributed by atoms with Crippen molar-refractivity contribution in [1.82, 2.24) is 5.32 Å². The molecule has 0 bridgehead atoms. The summed E-state index contributed by atoms with van der Waals surface area (Å²) >= 11 is 0. The van der Waals surface area contributed by atoms with Crippen LogP contribution in [0.5, 0.6) is 0 Å². The zero-order chi connectivity index (χ0) is 11.9. The fourth-order valence-electron chi connectivity index (χ4n) is 1.58. The Kier molecular flexibility index (Phi) is 7.20. The van der Waals surface area contributed by atoms with E-state index in [1.54, 1.807) is 0 Å². The lowest BCUT2D eigenvalue weighted by Gasteiger charge is -2.29. The number of rotatable bonds is 8. The van der Waals surface area contributed by atoms with Gasteiger partial charge in [0.1, 0.15) is 0 Å². The monoisotopic (exact) mass is 215 g/mol. The van der Waals surface area contributed by atoms with E-state index in [0.717, 1.165) is 13.0 Å². The van der Waals surface area contributed by atoms with E-state index in [2.05, 4.69) is 46.9 Å². The first kappa shape index (κ1) is 14.9. The van der Waals surface area contributed by atoms with Crippen LogP contribution < -0.4 is 5.32 Å². The van der Waals surface area contributed by atoms with Gasteiger partial charge < -0.3 is 10.1 Å². The van der Waals surface area contributed by atoms with E-state index in [1.165, 1.54) is 12.8 Å². The lowest BCUT2D eigenvalue weighted by Crippen LogP contribution is -2.38. The maximum absolute atomic E-state index is 5.96. The smallest absolute Gasteiger partial charge is 0.0678 e. The van der Waals surface area contributed by atoms with E-state index in [4.69, 9.17) is 4.74 Å². The summed E-state index contributed by atoms with van der Waals surface area (Å²) in [4.78, 5) is 0. The zero-order valence-corrected chi connectivity index (χ0v) is 11.4. The predicted molar refractivity (Wildman–Crippen MR) is 67.3 cm³/mol. The van der Waals surface area contributed by atoms with Gasteiger partial charge in [-0.1, -0.05) is 20.8 Å². The Hall–Kier alpha value is -0.0800. The minimum atomic E-state index is 0.00895. The second-order valence-corrected chi connectivity index (χ2v) is 4.96. The minimum absolute atomic E-state index is 0.00895. The van der Waals surface area contributed by atoms with E-state index in [1.807, 2.05) is 0 Å². The van der Waals surface area contributed by atoms with Crippen molar-refractivity contribution in [2.24, 2.45) is 0 Å². The zero-order valence-electron chi connectivity index (χ0n) is 11.4. The van der Waals surface area contributed by atoms with E-state index in [-0.39, 0.29) is 5.60 Å². The van der Waals surface area contributed by atoms with Crippen molar-refractivity contribution in [2.45, 2.75) is 78.6 Å². The first-order chi connectivity index (χ1) is 6.95. The Labute approximate surface area is 95.8 Å². The summed E-state index contributed by atoms with van der Waals surface area (Å²) < 4.78 is 5.96. The normalized spacial score (nSPS) is 14.6. The average molecular weight is 215 g/mol. The molecule has 2 nitrogen and oxygen atoms in total. The first-order valence-corrected chi connectivity index (χ1v) is 6.36. The maximum Gasteiger partial charge on any atom is 0.0678 e. The average Bonchev–Trinajstić information content (AvgIpc) is 2.19. The molecule has 0 saturated heterocycles. The molecule has 0 aromatic rings.